The molecule has 0 bridgehead atoms. The summed E-state index contributed by atoms with van der Waals surface area (Å²) in [5.41, 5.74) is 0.287. The van der Waals surface area contributed by atoms with Gasteiger partial charge in [-0.15, -0.1) is 8.58 Å². The second-order valence-electron chi connectivity index (χ2n) is 8.14. The summed E-state index contributed by atoms with van der Waals surface area (Å²) in [6, 6.07) is 0. The van der Waals surface area contributed by atoms with Crippen LogP contribution in [0, 0.1) is 11.3 Å². The number of carbonyl (C=O) groups is 1. The summed E-state index contributed by atoms with van der Waals surface area (Å²) >= 11 is 5.71. The second-order valence-corrected chi connectivity index (χ2v) is 10.2. The van der Waals surface area contributed by atoms with Crippen molar-refractivity contribution in [3.05, 3.63) is 0 Å². The van der Waals surface area contributed by atoms with Crippen molar-refractivity contribution < 1.29 is 4.79 Å². The number of hydrogen-bond donors (Lipinski definition) is 0. The molecule has 1 fully saturated rings. The zero-order valence-corrected chi connectivity index (χ0v) is 16.4. The van der Waals surface area contributed by atoms with Crippen LogP contribution in [0.15, 0.2) is 0 Å². The Bertz CT molecular complexity index is 366. The van der Waals surface area contributed by atoms with Crippen molar-refractivity contribution in [3.63, 3.8) is 0 Å². The van der Waals surface area contributed by atoms with Crippen molar-refractivity contribution in [2.24, 2.45) is 11.3 Å². The summed E-state index contributed by atoms with van der Waals surface area (Å²) in [5.74, 6) is 1.10. The third-order valence-electron chi connectivity index (χ3n) is 4.67. The van der Waals surface area contributed by atoms with Gasteiger partial charge in [0.1, 0.15) is 5.78 Å². The largest absolute Gasteiger partial charge is 0.300 e. The Balaban J connectivity index is 2.44. The highest BCUT2D eigenvalue weighted by molar-refractivity contribution is 7.81. The molecule has 0 spiro atoms. The van der Waals surface area contributed by atoms with Crippen molar-refractivity contribution in [3.8, 4) is 0 Å². The van der Waals surface area contributed by atoms with E-state index in [0.717, 1.165) is 32.7 Å². The molecule has 0 aliphatic heterocycles. The van der Waals surface area contributed by atoms with Crippen molar-refractivity contribution in [1.29, 1.82) is 0 Å². The summed E-state index contributed by atoms with van der Waals surface area (Å²) in [5, 5.41) is 0.126. The summed E-state index contributed by atoms with van der Waals surface area (Å²) < 4.78 is 0. The number of ketones is 1. The molecule has 1 rings (SSSR count). The molecular weight excluding hydrogens is 295 g/mol. The fraction of sp³-hybridized carbons (Fsp3) is 0.889. The zero-order valence-electron chi connectivity index (χ0n) is 14.6. The Hall–Kier alpha value is 0.190. The minimum atomic E-state index is 0.126. The molecule has 0 amide bonds. The van der Waals surface area contributed by atoms with Gasteiger partial charge in [0.2, 0.25) is 0 Å². The maximum Gasteiger partial charge on any atom is 0.133 e. The van der Waals surface area contributed by atoms with E-state index in [1.165, 1.54) is 25.7 Å². The molecule has 0 heterocycles. The third-order valence-corrected chi connectivity index (χ3v) is 7.09. The lowest BCUT2D eigenvalue weighted by Gasteiger charge is -2.35. The Labute approximate surface area is 138 Å². The van der Waals surface area contributed by atoms with Gasteiger partial charge in [0.25, 0.3) is 0 Å². The first kappa shape index (κ1) is 19.2. The van der Waals surface area contributed by atoms with E-state index in [4.69, 9.17) is 12.2 Å². The van der Waals surface area contributed by atoms with Gasteiger partial charge in [-0.3, -0.25) is 4.79 Å². The molecule has 0 radical (unpaired) electrons. The number of hydrogen-bond acceptors (Lipinski definition) is 2. The average molecular weight is 329 g/mol. The minimum Gasteiger partial charge on any atom is -0.300 e. The van der Waals surface area contributed by atoms with E-state index in [1.54, 1.807) is 0 Å². The van der Waals surface area contributed by atoms with Crippen LogP contribution in [0.1, 0.15) is 79.1 Å². The topological polar surface area (TPSA) is 17.1 Å². The Kier molecular flexibility index (Phi) is 7.47. The minimum absolute atomic E-state index is 0.126. The van der Waals surface area contributed by atoms with Crippen LogP contribution in [0.25, 0.3) is 0 Å². The van der Waals surface area contributed by atoms with E-state index in [2.05, 4.69) is 34.4 Å². The van der Waals surface area contributed by atoms with Crippen LogP contribution in [0.2, 0.25) is 0 Å². The molecule has 1 saturated carbocycles. The van der Waals surface area contributed by atoms with Gasteiger partial charge in [-0.1, -0.05) is 65.6 Å². The molecule has 122 valence electrons. The summed E-state index contributed by atoms with van der Waals surface area (Å²) in [7, 11) is 0.813. The van der Waals surface area contributed by atoms with Crippen molar-refractivity contribution in [1.82, 2.24) is 0 Å². The van der Waals surface area contributed by atoms with E-state index in [-0.39, 0.29) is 10.6 Å². The lowest BCUT2D eigenvalue weighted by Crippen LogP contribution is -2.34. The van der Waals surface area contributed by atoms with E-state index in [1.807, 2.05) is 0 Å². The fourth-order valence-corrected chi connectivity index (χ4v) is 5.15. The highest BCUT2D eigenvalue weighted by Gasteiger charge is 2.32. The quantitative estimate of drug-likeness (QED) is 0.414. The Morgan fingerprint density at radius 1 is 1.14 bits per heavy atom. The second kappa shape index (κ2) is 8.16. The predicted molar refractivity (Wildman–Crippen MR) is 100 cm³/mol. The van der Waals surface area contributed by atoms with E-state index >= 15 is 0 Å². The van der Waals surface area contributed by atoms with Gasteiger partial charge < -0.3 is 0 Å². The SMILES string of the molecule is CPC(C)(CC(C)(C)C)C(=S)CCC(=O)CC1CCCC1. The van der Waals surface area contributed by atoms with Gasteiger partial charge >= 0.3 is 0 Å². The van der Waals surface area contributed by atoms with Crippen molar-refractivity contribution in [2.45, 2.75) is 84.2 Å². The smallest absolute Gasteiger partial charge is 0.133 e. The molecule has 0 aromatic rings. The summed E-state index contributed by atoms with van der Waals surface area (Å²) in [4.78, 5) is 13.3. The van der Waals surface area contributed by atoms with E-state index in [0.29, 0.717) is 18.1 Å². The molecule has 0 N–H and O–H groups in total. The molecule has 0 aromatic carbocycles. The summed E-state index contributed by atoms with van der Waals surface area (Å²) in [6.45, 7) is 11.4. The molecule has 2 unspecified atom stereocenters. The molecule has 0 saturated heterocycles. The molecule has 1 nitrogen and oxygen atoms in total. The van der Waals surface area contributed by atoms with E-state index < -0.39 is 0 Å². The van der Waals surface area contributed by atoms with Crippen LogP contribution in [0.5, 0.6) is 0 Å². The number of thiocarbonyl (C=S) groups is 1. The summed E-state index contributed by atoms with van der Waals surface area (Å²) in [6.07, 6.45) is 8.54. The normalized spacial score (nSPS) is 20.0. The van der Waals surface area contributed by atoms with Crippen molar-refractivity contribution >= 4 is 31.4 Å². The van der Waals surface area contributed by atoms with Crippen LogP contribution in [0.4, 0.5) is 0 Å². The first-order chi connectivity index (χ1) is 9.66. The van der Waals surface area contributed by atoms with Gasteiger partial charge in [-0.2, -0.15) is 0 Å². The van der Waals surface area contributed by atoms with Crippen LogP contribution < -0.4 is 0 Å². The van der Waals surface area contributed by atoms with Crippen LogP contribution in [-0.2, 0) is 4.79 Å². The first-order valence-corrected chi connectivity index (χ1v) is 10.3. The Morgan fingerprint density at radius 3 is 2.19 bits per heavy atom. The van der Waals surface area contributed by atoms with Crippen LogP contribution in [-0.4, -0.2) is 22.5 Å². The van der Waals surface area contributed by atoms with Crippen LogP contribution in [0.3, 0.4) is 0 Å². The van der Waals surface area contributed by atoms with Gasteiger partial charge in [0, 0.05) is 22.9 Å². The molecule has 3 heteroatoms. The third kappa shape index (κ3) is 6.87. The van der Waals surface area contributed by atoms with Gasteiger partial charge in [0.05, 0.1) is 0 Å². The molecule has 21 heavy (non-hydrogen) atoms. The fourth-order valence-electron chi connectivity index (χ4n) is 3.55. The highest BCUT2D eigenvalue weighted by Crippen LogP contribution is 2.41. The van der Waals surface area contributed by atoms with E-state index in [9.17, 15) is 4.79 Å². The number of Topliss-reactive ketones (excluding diaryl/α,β-unsaturated/α-hetero) is 1. The lowest BCUT2D eigenvalue weighted by molar-refractivity contribution is -0.119. The Morgan fingerprint density at radius 2 is 1.71 bits per heavy atom. The predicted octanol–water partition coefficient (Wildman–Crippen LogP) is 5.79. The molecule has 0 aromatic heterocycles. The monoisotopic (exact) mass is 328 g/mol. The van der Waals surface area contributed by atoms with Crippen molar-refractivity contribution in [2.75, 3.05) is 6.66 Å². The average Bonchev–Trinajstić information content (AvgIpc) is 2.86. The first-order valence-electron chi connectivity index (χ1n) is 8.40. The zero-order chi connectivity index (χ0) is 16.1. The standard InChI is InChI=1S/C18H33OPS/c1-17(2,3)13-18(4,20-5)16(21)11-10-15(19)12-14-8-6-7-9-14/h14,20H,6-13H2,1-5H3. The molecule has 1 aliphatic carbocycles. The lowest BCUT2D eigenvalue weighted by atomic mass is 9.82. The number of carbonyl (C=O) groups excluding carboxylic acids is 1. The molecule has 1 aliphatic rings. The van der Waals surface area contributed by atoms with Crippen LogP contribution >= 0.6 is 20.8 Å². The highest BCUT2D eigenvalue weighted by atomic mass is 32.1. The maximum atomic E-state index is 12.1. The van der Waals surface area contributed by atoms with Gasteiger partial charge in [0.15, 0.2) is 0 Å². The van der Waals surface area contributed by atoms with Gasteiger partial charge in [-0.25, -0.2) is 0 Å². The maximum absolute atomic E-state index is 12.1. The number of rotatable bonds is 8. The molecular formula is C18H33OPS. The molecule has 2 atom stereocenters. The van der Waals surface area contributed by atoms with Gasteiger partial charge in [-0.05, 0) is 30.8 Å².